The number of benzene rings is 1. The molecule has 2 fully saturated rings. The van der Waals surface area contributed by atoms with Crippen molar-refractivity contribution in [2.45, 2.75) is 146 Å². The van der Waals surface area contributed by atoms with E-state index >= 15 is 0 Å². The maximum atomic E-state index is 13.8. The minimum absolute atomic E-state index is 0.0402. The molecule has 4 nitrogen and oxygen atoms in total. The van der Waals surface area contributed by atoms with Crippen molar-refractivity contribution in [2.75, 3.05) is 0 Å². The molecule has 0 aliphatic heterocycles. The number of aliphatic hydroxyl groups excluding tert-OH is 1. The van der Waals surface area contributed by atoms with Crippen LogP contribution in [0, 0.1) is 29.1 Å². The van der Waals surface area contributed by atoms with Crippen LogP contribution in [0.4, 0.5) is 39.5 Å². The highest BCUT2D eigenvalue weighted by Gasteiger charge is 2.81. The summed E-state index contributed by atoms with van der Waals surface area (Å²) in [6.07, 6.45) is -0.575. The van der Waals surface area contributed by atoms with Crippen LogP contribution in [0.1, 0.15) is 120 Å². The second-order valence-electron chi connectivity index (χ2n) is 15.2. The summed E-state index contributed by atoms with van der Waals surface area (Å²) in [6, 6.07) is 5.71. The van der Waals surface area contributed by atoms with E-state index in [1.807, 2.05) is 6.07 Å². The van der Waals surface area contributed by atoms with Gasteiger partial charge >= 0.3 is 29.9 Å². The number of unbranched alkanes of at least 4 members (excludes halogenated alkanes) is 6. The second kappa shape index (κ2) is 15.3. The van der Waals surface area contributed by atoms with E-state index in [1.165, 1.54) is 11.1 Å². The summed E-state index contributed by atoms with van der Waals surface area (Å²) in [7, 11) is 0. The summed E-state index contributed by atoms with van der Waals surface area (Å²) in [6.45, 7) is 6.52. The lowest BCUT2D eigenvalue weighted by Gasteiger charge is -2.52. The number of fused-ring (bicyclic) bond motifs is 5. The predicted octanol–water partition coefficient (Wildman–Crippen LogP) is 10.9. The first-order valence-electron chi connectivity index (χ1n) is 17.8. The van der Waals surface area contributed by atoms with Crippen LogP contribution >= 0.6 is 0 Å². The molecule has 3 aliphatic rings. The molecule has 13 heteroatoms. The van der Waals surface area contributed by atoms with Gasteiger partial charge in [0, 0.05) is 6.42 Å². The third-order valence-electron chi connectivity index (χ3n) is 12.1. The molecule has 3 aliphatic carbocycles. The SMILES string of the molecule is C=C1[C@H](O)CC2C3C(CCCCCCCCCC(CCCC(F)(F)C(F)(F)C(F)(F)C(F)(F)F)C(=O)O)Cc4cc(O)ccc4C3CC[C@]12C. The van der Waals surface area contributed by atoms with Gasteiger partial charge in [-0.25, -0.2) is 0 Å². The van der Waals surface area contributed by atoms with Crippen LogP contribution in [-0.4, -0.2) is 51.3 Å². The van der Waals surface area contributed by atoms with Gasteiger partial charge in [-0.1, -0.05) is 64.5 Å². The molecule has 1 aromatic rings. The summed E-state index contributed by atoms with van der Waals surface area (Å²) >= 11 is 0. The lowest BCUT2D eigenvalue weighted by Crippen LogP contribution is -2.60. The first-order valence-corrected chi connectivity index (χ1v) is 17.8. The average molecular weight is 729 g/mol. The number of carboxylic acid groups (broad SMARTS) is 1. The van der Waals surface area contributed by atoms with Crippen molar-refractivity contribution in [1.29, 1.82) is 0 Å². The second-order valence-corrected chi connectivity index (χ2v) is 15.2. The number of hydrogen-bond donors (Lipinski definition) is 3. The van der Waals surface area contributed by atoms with Crippen LogP contribution in [0.25, 0.3) is 0 Å². The quantitative estimate of drug-likeness (QED) is 0.0848. The summed E-state index contributed by atoms with van der Waals surface area (Å²) in [4.78, 5) is 11.6. The summed E-state index contributed by atoms with van der Waals surface area (Å²) in [5.41, 5.74) is 3.38. The maximum absolute atomic E-state index is 13.8. The van der Waals surface area contributed by atoms with E-state index in [9.17, 15) is 59.6 Å². The molecular formula is C37H49F9O4. The first-order chi connectivity index (χ1) is 23.2. The third kappa shape index (κ3) is 7.97. The van der Waals surface area contributed by atoms with Gasteiger partial charge in [-0.15, -0.1) is 0 Å². The maximum Gasteiger partial charge on any atom is 0.460 e. The number of carbonyl (C=O) groups is 1. The molecular weight excluding hydrogens is 679 g/mol. The topological polar surface area (TPSA) is 77.8 Å². The Morgan fingerprint density at radius 2 is 1.52 bits per heavy atom. The summed E-state index contributed by atoms with van der Waals surface area (Å²) < 4.78 is 118. The Bertz CT molecular complexity index is 1350. The Kier molecular flexibility index (Phi) is 12.3. The van der Waals surface area contributed by atoms with Gasteiger partial charge in [-0.2, -0.15) is 39.5 Å². The lowest BCUT2D eigenvalue weighted by molar-refractivity contribution is -0.396. The number of rotatable bonds is 17. The molecule has 3 N–H and O–H groups in total. The highest BCUT2D eigenvalue weighted by molar-refractivity contribution is 5.69. The zero-order valence-electron chi connectivity index (χ0n) is 28.4. The zero-order valence-corrected chi connectivity index (χ0v) is 28.4. The van der Waals surface area contributed by atoms with E-state index in [0.717, 1.165) is 69.8 Å². The van der Waals surface area contributed by atoms with Crippen molar-refractivity contribution < 1.29 is 59.6 Å². The minimum atomic E-state index is -6.95. The fraction of sp³-hybridized carbons (Fsp3) is 0.757. The molecule has 2 saturated carbocycles. The summed E-state index contributed by atoms with van der Waals surface area (Å²) in [5.74, 6) is -20.1. The number of halogens is 9. The molecule has 0 amide bonds. The van der Waals surface area contributed by atoms with Crippen LogP contribution in [0.15, 0.2) is 30.4 Å². The van der Waals surface area contributed by atoms with Crippen molar-refractivity contribution in [3.8, 4) is 5.75 Å². The molecule has 0 saturated heterocycles. The van der Waals surface area contributed by atoms with E-state index in [2.05, 4.69) is 19.6 Å². The smallest absolute Gasteiger partial charge is 0.460 e. The van der Waals surface area contributed by atoms with Crippen LogP contribution < -0.4 is 0 Å². The van der Waals surface area contributed by atoms with Crippen molar-refractivity contribution in [3.05, 3.63) is 41.5 Å². The zero-order chi connectivity index (χ0) is 37.3. The van der Waals surface area contributed by atoms with Gasteiger partial charge in [0.2, 0.25) is 0 Å². The van der Waals surface area contributed by atoms with Crippen LogP contribution in [-0.2, 0) is 11.2 Å². The Hall–Kier alpha value is -2.44. The average Bonchev–Trinajstić information content (AvgIpc) is 3.25. The largest absolute Gasteiger partial charge is 0.508 e. The predicted molar refractivity (Wildman–Crippen MR) is 170 cm³/mol. The van der Waals surface area contributed by atoms with Gasteiger partial charge in [0.25, 0.3) is 0 Å². The fourth-order valence-corrected chi connectivity index (χ4v) is 9.19. The number of phenolic OH excluding ortho intramolecular Hbond substituents is 1. The highest BCUT2D eigenvalue weighted by atomic mass is 19.4. The number of phenols is 1. The number of carboxylic acids is 1. The van der Waals surface area contributed by atoms with Crippen LogP contribution in [0.5, 0.6) is 5.75 Å². The van der Waals surface area contributed by atoms with Crippen LogP contribution in [0.2, 0.25) is 0 Å². The van der Waals surface area contributed by atoms with Crippen molar-refractivity contribution >= 4 is 5.97 Å². The van der Waals surface area contributed by atoms with Crippen molar-refractivity contribution in [2.24, 2.45) is 29.1 Å². The number of hydrogen-bond acceptors (Lipinski definition) is 3. The Labute approximate surface area is 287 Å². The van der Waals surface area contributed by atoms with Gasteiger partial charge in [0.05, 0.1) is 12.0 Å². The molecule has 50 heavy (non-hydrogen) atoms. The monoisotopic (exact) mass is 728 g/mol. The lowest BCUT2D eigenvalue weighted by atomic mass is 9.52. The molecule has 4 rings (SSSR count). The number of aliphatic carboxylic acids is 1. The van der Waals surface area contributed by atoms with Crippen molar-refractivity contribution in [3.63, 3.8) is 0 Å². The minimum Gasteiger partial charge on any atom is -0.508 e. The van der Waals surface area contributed by atoms with Gasteiger partial charge in [-0.3, -0.25) is 4.79 Å². The number of aromatic hydroxyl groups is 1. The fourth-order valence-electron chi connectivity index (χ4n) is 9.19. The molecule has 0 spiro atoms. The molecule has 0 heterocycles. The standard InChI is InChI=1S/C37H49F9O4/c1-22-30(48)21-29-31-24(19-25-20-26(47)14-15-27(25)28(31)16-18-33(22,29)2)12-9-7-5-3-4-6-8-11-23(32(49)50)13-10-17-34(38,39)35(40,41)36(42,43)37(44,45)46/h14-15,20,23-24,28-31,47-48H,1,3-13,16-19,21H2,2H3,(H,49,50)/t23?,24?,28?,29?,30-,31?,33-/m1/s1. The third-order valence-corrected chi connectivity index (χ3v) is 12.1. The molecule has 0 bridgehead atoms. The van der Waals surface area contributed by atoms with Gasteiger partial charge in [-0.05, 0) is 109 Å². The van der Waals surface area contributed by atoms with E-state index in [4.69, 9.17) is 0 Å². The van der Waals surface area contributed by atoms with Gasteiger partial charge < -0.3 is 15.3 Å². The molecule has 0 aromatic heterocycles. The van der Waals surface area contributed by atoms with Crippen LogP contribution in [0.3, 0.4) is 0 Å². The van der Waals surface area contributed by atoms with Crippen molar-refractivity contribution in [1.82, 2.24) is 0 Å². The van der Waals surface area contributed by atoms with Gasteiger partial charge in [0.1, 0.15) is 5.75 Å². The Morgan fingerprint density at radius 3 is 2.14 bits per heavy atom. The molecule has 1 aromatic carbocycles. The Morgan fingerprint density at radius 1 is 0.920 bits per heavy atom. The normalized spacial score (nSPS) is 27.8. The molecule has 0 radical (unpaired) electrons. The Balaban J connectivity index is 1.19. The summed E-state index contributed by atoms with van der Waals surface area (Å²) in [5, 5.41) is 30.4. The molecule has 284 valence electrons. The van der Waals surface area contributed by atoms with E-state index in [1.54, 1.807) is 6.07 Å². The van der Waals surface area contributed by atoms with E-state index < -0.39 is 61.2 Å². The van der Waals surface area contributed by atoms with E-state index in [-0.39, 0.29) is 17.6 Å². The van der Waals surface area contributed by atoms with E-state index in [0.29, 0.717) is 36.5 Å². The number of aliphatic hydroxyl groups is 1. The highest BCUT2D eigenvalue weighted by Crippen LogP contribution is 2.64. The molecule has 5 unspecified atom stereocenters. The number of alkyl halides is 9. The van der Waals surface area contributed by atoms with Gasteiger partial charge in [0.15, 0.2) is 0 Å². The molecule has 7 atom stereocenters. The first kappa shape index (κ1) is 40.3.